The predicted molar refractivity (Wildman–Crippen MR) is 102 cm³/mol. The molecule has 8 heteroatoms. The van der Waals surface area contributed by atoms with E-state index in [2.05, 4.69) is 0 Å². The zero-order valence-corrected chi connectivity index (χ0v) is 16.0. The van der Waals surface area contributed by atoms with Crippen LogP contribution in [0.5, 0.6) is 0 Å². The topological polar surface area (TPSA) is 83.8 Å². The molecule has 3 rings (SSSR count). The minimum atomic E-state index is -0.542. The van der Waals surface area contributed by atoms with Gasteiger partial charge in [-0.15, -0.1) is 0 Å². The molecule has 2 aliphatic heterocycles. The van der Waals surface area contributed by atoms with Gasteiger partial charge < -0.3 is 9.80 Å². The third-order valence-corrected chi connectivity index (χ3v) is 5.76. The van der Waals surface area contributed by atoms with Crippen LogP contribution in [-0.2, 0) is 4.79 Å². The van der Waals surface area contributed by atoms with E-state index in [1.165, 1.54) is 31.0 Å². The molecule has 0 unspecified atom stereocenters. The summed E-state index contributed by atoms with van der Waals surface area (Å²) in [5.74, 6) is -0.0487. The smallest absolute Gasteiger partial charge is 0.270 e. The number of hydrogen-bond donors (Lipinski definition) is 0. The number of nitro groups is 1. The lowest BCUT2D eigenvalue weighted by atomic mass is 9.94. The number of carbonyl (C=O) groups excluding carboxylic acids is 2. The van der Waals surface area contributed by atoms with Gasteiger partial charge in [0, 0.05) is 44.2 Å². The van der Waals surface area contributed by atoms with Gasteiger partial charge in [-0.05, 0) is 31.7 Å². The fourth-order valence-corrected chi connectivity index (χ4v) is 4.10. The van der Waals surface area contributed by atoms with Crippen molar-refractivity contribution in [2.45, 2.75) is 38.5 Å². The fraction of sp³-hybridized carbons (Fsp3) is 0.579. The Balaban J connectivity index is 1.59. The maximum Gasteiger partial charge on any atom is 0.270 e. The second kappa shape index (κ2) is 8.69. The number of carbonyl (C=O) groups is 2. The maximum atomic E-state index is 12.7. The molecule has 1 aromatic carbocycles. The third kappa shape index (κ3) is 4.58. The number of likely N-dealkylation sites (tertiary alicyclic amines) is 2. The first-order chi connectivity index (χ1) is 13.0. The van der Waals surface area contributed by atoms with E-state index in [9.17, 15) is 19.7 Å². The molecular formula is C19H24ClN3O4. The van der Waals surface area contributed by atoms with Crippen LogP contribution in [0.1, 0.15) is 48.9 Å². The van der Waals surface area contributed by atoms with Crippen LogP contribution < -0.4 is 0 Å². The van der Waals surface area contributed by atoms with Crippen LogP contribution >= 0.6 is 11.6 Å². The summed E-state index contributed by atoms with van der Waals surface area (Å²) in [4.78, 5) is 39.4. The fourth-order valence-electron chi connectivity index (χ4n) is 3.84. The average Bonchev–Trinajstić information content (AvgIpc) is 2.96. The highest BCUT2D eigenvalue weighted by atomic mass is 35.5. The first kappa shape index (κ1) is 19.6. The number of nitrogens with zero attached hydrogens (tertiary/aromatic N) is 3. The second-order valence-corrected chi connectivity index (χ2v) is 7.63. The lowest BCUT2D eigenvalue weighted by Crippen LogP contribution is -2.44. The summed E-state index contributed by atoms with van der Waals surface area (Å²) >= 11 is 6.07. The monoisotopic (exact) mass is 393 g/mol. The van der Waals surface area contributed by atoms with Gasteiger partial charge in [-0.2, -0.15) is 0 Å². The van der Waals surface area contributed by atoms with E-state index < -0.39 is 4.92 Å². The molecule has 27 heavy (non-hydrogen) atoms. The predicted octanol–water partition coefficient (Wildman–Crippen LogP) is 3.50. The van der Waals surface area contributed by atoms with E-state index in [1.54, 1.807) is 4.90 Å². The number of amides is 2. The molecule has 2 fully saturated rings. The van der Waals surface area contributed by atoms with E-state index in [0.29, 0.717) is 25.9 Å². The Morgan fingerprint density at radius 3 is 2.19 bits per heavy atom. The van der Waals surface area contributed by atoms with Gasteiger partial charge in [-0.1, -0.05) is 24.4 Å². The second-order valence-electron chi connectivity index (χ2n) is 7.23. The van der Waals surface area contributed by atoms with Crippen LogP contribution in [0.4, 0.5) is 5.69 Å². The summed E-state index contributed by atoms with van der Waals surface area (Å²) in [6.07, 6.45) is 5.81. The van der Waals surface area contributed by atoms with Crippen LogP contribution in [0.2, 0.25) is 5.02 Å². The molecule has 2 amide bonds. The lowest BCUT2D eigenvalue weighted by Gasteiger charge is -2.34. The Labute approximate surface area is 163 Å². The Bertz CT molecular complexity index is 724. The summed E-state index contributed by atoms with van der Waals surface area (Å²) in [5, 5.41) is 10.9. The van der Waals surface area contributed by atoms with Crippen molar-refractivity contribution in [3.05, 3.63) is 38.9 Å². The molecule has 0 spiro atoms. The summed E-state index contributed by atoms with van der Waals surface area (Å²) in [7, 11) is 0. The molecule has 146 valence electrons. The SMILES string of the molecule is O=C(c1ccc([N+](=O)[O-])cc1Cl)N1CCC(C(=O)N2CCCCCC2)CC1. The summed E-state index contributed by atoms with van der Waals surface area (Å²) < 4.78 is 0. The van der Waals surface area contributed by atoms with E-state index in [4.69, 9.17) is 11.6 Å². The van der Waals surface area contributed by atoms with Crippen LogP contribution in [0.25, 0.3) is 0 Å². The van der Waals surface area contributed by atoms with Crippen molar-refractivity contribution in [3.63, 3.8) is 0 Å². The largest absolute Gasteiger partial charge is 0.342 e. The number of rotatable bonds is 3. The van der Waals surface area contributed by atoms with Crippen LogP contribution in [-0.4, -0.2) is 52.7 Å². The average molecular weight is 394 g/mol. The molecule has 0 bridgehead atoms. The highest BCUT2D eigenvalue weighted by Gasteiger charge is 2.31. The van der Waals surface area contributed by atoms with Crippen LogP contribution in [0.15, 0.2) is 18.2 Å². The Morgan fingerprint density at radius 2 is 1.63 bits per heavy atom. The molecule has 0 aliphatic carbocycles. The molecule has 1 aromatic rings. The molecule has 0 saturated carbocycles. The summed E-state index contributed by atoms with van der Waals surface area (Å²) in [5.41, 5.74) is 0.123. The summed E-state index contributed by atoms with van der Waals surface area (Å²) in [6, 6.07) is 3.89. The number of piperidine rings is 1. The van der Waals surface area contributed by atoms with Crippen LogP contribution in [0.3, 0.4) is 0 Å². The van der Waals surface area contributed by atoms with Crippen molar-refractivity contribution >= 4 is 29.1 Å². The molecule has 2 aliphatic rings. The van der Waals surface area contributed by atoms with Gasteiger partial charge in [0.25, 0.3) is 11.6 Å². The number of nitro benzene ring substituents is 1. The highest BCUT2D eigenvalue weighted by Crippen LogP contribution is 2.27. The molecule has 7 nitrogen and oxygen atoms in total. The van der Waals surface area contributed by atoms with Gasteiger partial charge in [-0.3, -0.25) is 19.7 Å². The highest BCUT2D eigenvalue weighted by molar-refractivity contribution is 6.34. The molecule has 0 aromatic heterocycles. The molecule has 0 atom stereocenters. The first-order valence-corrected chi connectivity index (χ1v) is 9.87. The van der Waals surface area contributed by atoms with Gasteiger partial charge >= 0.3 is 0 Å². The zero-order valence-electron chi connectivity index (χ0n) is 15.2. The van der Waals surface area contributed by atoms with Crippen molar-refractivity contribution in [2.24, 2.45) is 5.92 Å². The normalized spacial score (nSPS) is 18.9. The van der Waals surface area contributed by atoms with Gasteiger partial charge in [0.15, 0.2) is 0 Å². The van der Waals surface area contributed by atoms with Crippen molar-refractivity contribution in [1.82, 2.24) is 9.80 Å². The standard InChI is InChI=1S/C19H24ClN3O4/c20-17-13-15(23(26)27)5-6-16(17)19(25)22-11-7-14(8-12-22)18(24)21-9-3-1-2-4-10-21/h5-6,13-14H,1-4,7-12H2. The molecule has 0 N–H and O–H groups in total. The van der Waals surface area contributed by atoms with Crippen molar-refractivity contribution in [2.75, 3.05) is 26.2 Å². The minimum Gasteiger partial charge on any atom is -0.342 e. The Kier molecular flexibility index (Phi) is 6.31. The molecule has 2 heterocycles. The van der Waals surface area contributed by atoms with Crippen LogP contribution in [0, 0.1) is 16.0 Å². The number of benzene rings is 1. The van der Waals surface area contributed by atoms with E-state index in [0.717, 1.165) is 25.9 Å². The number of non-ortho nitro benzene ring substituents is 1. The van der Waals surface area contributed by atoms with Gasteiger partial charge in [0.05, 0.1) is 15.5 Å². The van der Waals surface area contributed by atoms with Gasteiger partial charge in [0.1, 0.15) is 0 Å². The van der Waals surface area contributed by atoms with Crippen molar-refractivity contribution in [3.8, 4) is 0 Å². The lowest BCUT2D eigenvalue weighted by molar-refractivity contribution is -0.384. The summed E-state index contributed by atoms with van der Waals surface area (Å²) in [6.45, 7) is 2.68. The zero-order chi connectivity index (χ0) is 19.4. The maximum absolute atomic E-state index is 12.7. The Hall–Kier alpha value is -2.15. The van der Waals surface area contributed by atoms with E-state index >= 15 is 0 Å². The van der Waals surface area contributed by atoms with Gasteiger partial charge in [0.2, 0.25) is 5.91 Å². The van der Waals surface area contributed by atoms with E-state index in [-0.39, 0.29) is 34.0 Å². The Morgan fingerprint density at radius 1 is 1.00 bits per heavy atom. The van der Waals surface area contributed by atoms with E-state index in [1.807, 2.05) is 4.90 Å². The minimum absolute atomic E-state index is 0.0283. The molecule has 2 saturated heterocycles. The first-order valence-electron chi connectivity index (χ1n) is 9.49. The quantitative estimate of drug-likeness (QED) is 0.581. The number of hydrogen-bond acceptors (Lipinski definition) is 4. The molecule has 0 radical (unpaired) electrons. The van der Waals surface area contributed by atoms with Crippen molar-refractivity contribution in [1.29, 1.82) is 0 Å². The van der Waals surface area contributed by atoms with Crippen molar-refractivity contribution < 1.29 is 14.5 Å². The number of halogens is 1. The molecular weight excluding hydrogens is 370 g/mol. The third-order valence-electron chi connectivity index (χ3n) is 5.44. The van der Waals surface area contributed by atoms with Gasteiger partial charge in [-0.25, -0.2) is 0 Å².